The first kappa shape index (κ1) is 17.6. The molecule has 0 saturated heterocycles. The van der Waals surface area contributed by atoms with Gasteiger partial charge in [-0.3, -0.25) is 14.4 Å². The zero-order valence-electron chi connectivity index (χ0n) is 15.3. The zero-order chi connectivity index (χ0) is 17.8. The maximum atomic E-state index is 12.6. The van der Waals surface area contributed by atoms with E-state index in [1.807, 2.05) is 31.9 Å². The van der Waals surface area contributed by atoms with Gasteiger partial charge < -0.3 is 10.2 Å². The van der Waals surface area contributed by atoms with E-state index in [0.29, 0.717) is 0 Å². The Morgan fingerprint density at radius 1 is 1.32 bits per heavy atom. The molecule has 1 aliphatic heterocycles. The van der Waals surface area contributed by atoms with Crippen LogP contribution in [0.3, 0.4) is 0 Å². The summed E-state index contributed by atoms with van der Waals surface area (Å²) < 4.78 is 1.86. The Kier molecular flexibility index (Phi) is 5.50. The molecule has 1 atom stereocenters. The minimum absolute atomic E-state index is 0.0199. The predicted octanol–water partition coefficient (Wildman–Crippen LogP) is 1.83. The van der Waals surface area contributed by atoms with Crippen LogP contribution in [-0.2, 0) is 24.3 Å². The normalized spacial score (nSPS) is 15.8. The largest absolute Gasteiger partial charge is 0.322 e. The highest BCUT2D eigenvalue weighted by Crippen LogP contribution is 2.20. The third kappa shape index (κ3) is 4.46. The van der Waals surface area contributed by atoms with Gasteiger partial charge in [-0.25, -0.2) is 0 Å². The lowest BCUT2D eigenvalue weighted by Gasteiger charge is -2.32. The van der Waals surface area contributed by atoms with Crippen LogP contribution in [0.5, 0.6) is 0 Å². The number of amides is 1. The number of hydrogen-bond donors (Lipinski definition) is 1. The van der Waals surface area contributed by atoms with Crippen LogP contribution in [0.4, 0.5) is 5.69 Å². The van der Waals surface area contributed by atoms with Gasteiger partial charge in [-0.2, -0.15) is 5.10 Å². The van der Waals surface area contributed by atoms with Crippen molar-refractivity contribution < 1.29 is 4.79 Å². The second-order valence-electron chi connectivity index (χ2n) is 6.95. The van der Waals surface area contributed by atoms with Crippen molar-refractivity contribution in [1.82, 2.24) is 19.6 Å². The monoisotopic (exact) mass is 341 g/mol. The summed E-state index contributed by atoms with van der Waals surface area (Å²) in [6.07, 6.45) is 4.60. The van der Waals surface area contributed by atoms with Gasteiger partial charge in [0.1, 0.15) is 0 Å². The summed E-state index contributed by atoms with van der Waals surface area (Å²) in [6, 6.07) is 8.31. The maximum Gasteiger partial charge on any atom is 0.241 e. The molecule has 2 aromatic rings. The van der Waals surface area contributed by atoms with Gasteiger partial charge >= 0.3 is 0 Å². The van der Waals surface area contributed by atoms with Crippen molar-refractivity contribution in [3.8, 4) is 0 Å². The van der Waals surface area contributed by atoms with Crippen molar-refractivity contribution in [2.24, 2.45) is 0 Å². The molecule has 0 fully saturated rings. The third-order valence-corrected chi connectivity index (χ3v) is 4.76. The predicted molar refractivity (Wildman–Crippen MR) is 99.4 cm³/mol. The van der Waals surface area contributed by atoms with Crippen LogP contribution < -0.4 is 5.32 Å². The highest BCUT2D eigenvalue weighted by atomic mass is 16.2. The molecule has 1 N–H and O–H groups in total. The molecule has 1 amide bonds. The second-order valence-corrected chi connectivity index (χ2v) is 6.95. The van der Waals surface area contributed by atoms with Gasteiger partial charge in [0, 0.05) is 25.8 Å². The molecule has 134 valence electrons. The molecule has 1 aromatic heterocycles. The third-order valence-electron chi connectivity index (χ3n) is 4.76. The molecule has 3 rings (SSSR count). The van der Waals surface area contributed by atoms with E-state index in [2.05, 4.69) is 44.5 Å². The smallest absolute Gasteiger partial charge is 0.241 e. The van der Waals surface area contributed by atoms with Gasteiger partial charge in [-0.1, -0.05) is 24.3 Å². The van der Waals surface area contributed by atoms with Gasteiger partial charge in [0.25, 0.3) is 0 Å². The van der Waals surface area contributed by atoms with E-state index >= 15 is 0 Å². The maximum absolute atomic E-state index is 12.6. The highest BCUT2D eigenvalue weighted by Gasteiger charge is 2.25. The molecule has 1 unspecified atom stereocenters. The van der Waals surface area contributed by atoms with Gasteiger partial charge in [-0.15, -0.1) is 0 Å². The number of carbonyl (C=O) groups is 1. The molecule has 0 bridgehead atoms. The fourth-order valence-corrected chi connectivity index (χ4v) is 3.11. The topological polar surface area (TPSA) is 53.4 Å². The van der Waals surface area contributed by atoms with Gasteiger partial charge in [-0.05, 0) is 38.6 Å². The van der Waals surface area contributed by atoms with Crippen molar-refractivity contribution in [3.63, 3.8) is 0 Å². The van der Waals surface area contributed by atoms with Crippen LogP contribution in [0.1, 0.15) is 18.1 Å². The minimum Gasteiger partial charge on any atom is -0.322 e. The van der Waals surface area contributed by atoms with Gasteiger partial charge in [0.15, 0.2) is 0 Å². The lowest BCUT2D eigenvalue weighted by molar-refractivity contribution is -0.121. The molecule has 6 nitrogen and oxygen atoms in total. The first-order valence-corrected chi connectivity index (χ1v) is 8.82. The van der Waals surface area contributed by atoms with E-state index in [9.17, 15) is 4.79 Å². The quantitative estimate of drug-likeness (QED) is 0.871. The molecule has 1 aromatic carbocycles. The Labute approximate surface area is 149 Å². The molecule has 0 radical (unpaired) electrons. The van der Waals surface area contributed by atoms with Crippen LogP contribution in [-0.4, -0.2) is 58.7 Å². The van der Waals surface area contributed by atoms with E-state index in [0.717, 1.165) is 38.3 Å². The molecule has 1 aliphatic rings. The number of likely N-dealkylation sites (N-methyl/N-ethyl adjacent to an activating group) is 1. The number of benzene rings is 1. The van der Waals surface area contributed by atoms with Crippen molar-refractivity contribution >= 4 is 11.6 Å². The number of anilines is 1. The van der Waals surface area contributed by atoms with Gasteiger partial charge in [0.2, 0.25) is 5.91 Å². The number of hydrogen-bond acceptors (Lipinski definition) is 4. The Morgan fingerprint density at radius 3 is 2.84 bits per heavy atom. The van der Waals surface area contributed by atoms with E-state index in [4.69, 9.17) is 0 Å². The molecular formula is C19H27N5O. The lowest BCUT2D eigenvalue weighted by Crippen LogP contribution is -2.44. The van der Waals surface area contributed by atoms with E-state index in [1.54, 1.807) is 6.20 Å². The molecular weight excluding hydrogens is 314 g/mol. The first-order chi connectivity index (χ1) is 12.0. The van der Waals surface area contributed by atoms with Gasteiger partial charge in [0.05, 0.1) is 24.5 Å². The standard InChI is InChI=1S/C19H27N5O/c1-15(23-9-8-16-6-4-5-7-17(16)13-23)19(25)21-18-12-20-24(14-18)11-10-22(2)3/h4-7,12,14-15H,8-11,13H2,1-3H3,(H,21,25). The number of aromatic nitrogens is 2. The summed E-state index contributed by atoms with van der Waals surface area (Å²) >= 11 is 0. The van der Waals surface area contributed by atoms with Crippen molar-refractivity contribution in [2.75, 3.05) is 32.5 Å². The fraction of sp³-hybridized carbons (Fsp3) is 0.474. The zero-order valence-corrected chi connectivity index (χ0v) is 15.3. The van der Waals surface area contributed by atoms with E-state index < -0.39 is 0 Å². The highest BCUT2D eigenvalue weighted by molar-refractivity contribution is 5.94. The van der Waals surface area contributed by atoms with Crippen LogP contribution in [0.15, 0.2) is 36.7 Å². The van der Waals surface area contributed by atoms with Crippen molar-refractivity contribution in [2.45, 2.75) is 32.5 Å². The number of fused-ring (bicyclic) bond motifs is 1. The minimum atomic E-state index is -0.168. The number of nitrogens with zero attached hydrogens (tertiary/aromatic N) is 4. The molecule has 2 heterocycles. The number of carbonyl (C=O) groups excluding carboxylic acids is 1. The Morgan fingerprint density at radius 2 is 2.08 bits per heavy atom. The van der Waals surface area contributed by atoms with Crippen LogP contribution in [0.2, 0.25) is 0 Å². The molecule has 6 heteroatoms. The summed E-state index contributed by atoms with van der Waals surface area (Å²) in [5.41, 5.74) is 3.48. The molecule has 0 saturated carbocycles. The van der Waals surface area contributed by atoms with E-state index in [1.165, 1.54) is 11.1 Å². The average Bonchev–Trinajstić information content (AvgIpc) is 3.06. The first-order valence-electron chi connectivity index (χ1n) is 8.82. The number of rotatable bonds is 6. The lowest BCUT2D eigenvalue weighted by atomic mass is 9.99. The summed E-state index contributed by atoms with van der Waals surface area (Å²) in [5, 5.41) is 7.30. The van der Waals surface area contributed by atoms with Crippen LogP contribution >= 0.6 is 0 Å². The second kappa shape index (κ2) is 7.80. The SMILES string of the molecule is CC(C(=O)Nc1cnn(CCN(C)C)c1)N1CCc2ccccc2C1. The summed E-state index contributed by atoms with van der Waals surface area (Å²) in [5.74, 6) is 0.0199. The van der Waals surface area contributed by atoms with Crippen molar-refractivity contribution in [1.29, 1.82) is 0 Å². The Balaban J connectivity index is 1.56. The summed E-state index contributed by atoms with van der Waals surface area (Å²) in [7, 11) is 4.06. The van der Waals surface area contributed by atoms with Crippen LogP contribution in [0.25, 0.3) is 0 Å². The molecule has 0 spiro atoms. The van der Waals surface area contributed by atoms with Crippen LogP contribution in [0, 0.1) is 0 Å². The Bertz CT molecular complexity index is 724. The average molecular weight is 341 g/mol. The van der Waals surface area contributed by atoms with E-state index in [-0.39, 0.29) is 11.9 Å². The summed E-state index contributed by atoms with van der Waals surface area (Å²) in [4.78, 5) is 16.9. The molecule has 25 heavy (non-hydrogen) atoms. The Hall–Kier alpha value is -2.18. The molecule has 0 aliphatic carbocycles. The summed E-state index contributed by atoms with van der Waals surface area (Å²) in [6.45, 7) is 5.43. The van der Waals surface area contributed by atoms with Crippen molar-refractivity contribution in [3.05, 3.63) is 47.8 Å². The number of nitrogens with one attached hydrogen (secondary N) is 1. The fourth-order valence-electron chi connectivity index (χ4n) is 3.11.